The predicted octanol–water partition coefficient (Wildman–Crippen LogP) is 0.862. The van der Waals surface area contributed by atoms with Gasteiger partial charge in [0.05, 0.1) is 12.4 Å². The van der Waals surface area contributed by atoms with Crippen LogP contribution in [0.1, 0.15) is 16.1 Å². The second kappa shape index (κ2) is 4.60. The van der Waals surface area contributed by atoms with Crippen LogP contribution in [0.3, 0.4) is 0 Å². The number of carbonyl (C=O) groups is 1. The van der Waals surface area contributed by atoms with Gasteiger partial charge in [-0.3, -0.25) is 4.79 Å². The molecule has 0 spiro atoms. The van der Waals surface area contributed by atoms with Gasteiger partial charge in [-0.1, -0.05) is 5.16 Å². The summed E-state index contributed by atoms with van der Waals surface area (Å²) in [5.74, 6) is 0.354. The Bertz CT molecular complexity index is 708. The van der Waals surface area contributed by atoms with E-state index < -0.39 is 0 Å². The zero-order valence-electron chi connectivity index (χ0n) is 10.4. The average Bonchev–Trinajstić information content (AvgIpc) is 3.06. The van der Waals surface area contributed by atoms with Crippen LogP contribution in [0, 0.1) is 6.92 Å². The number of aryl methyl sites for hydroxylation is 1. The minimum Gasteiger partial charge on any atom is -0.361 e. The van der Waals surface area contributed by atoms with Crippen molar-refractivity contribution in [2.75, 3.05) is 6.54 Å². The van der Waals surface area contributed by atoms with Crippen molar-refractivity contribution in [3.05, 3.63) is 42.2 Å². The Kier molecular flexibility index (Phi) is 2.79. The van der Waals surface area contributed by atoms with Gasteiger partial charge in [-0.2, -0.15) is 5.10 Å². The summed E-state index contributed by atoms with van der Waals surface area (Å²) >= 11 is 0. The second-order valence-corrected chi connectivity index (χ2v) is 4.18. The van der Waals surface area contributed by atoms with Crippen molar-refractivity contribution in [3.63, 3.8) is 0 Å². The van der Waals surface area contributed by atoms with Crippen LogP contribution in [0.15, 0.2) is 35.4 Å². The molecule has 1 amide bonds. The SMILES string of the molecule is Cc1oncc1C(=O)NCCn1ccn2nccc12. The van der Waals surface area contributed by atoms with Gasteiger partial charge in [0.1, 0.15) is 17.0 Å². The van der Waals surface area contributed by atoms with E-state index in [9.17, 15) is 4.79 Å². The fourth-order valence-electron chi connectivity index (χ4n) is 1.96. The third-order valence-electron chi connectivity index (χ3n) is 2.97. The third-order valence-corrected chi connectivity index (χ3v) is 2.97. The van der Waals surface area contributed by atoms with Crippen LogP contribution < -0.4 is 5.32 Å². The fourth-order valence-corrected chi connectivity index (χ4v) is 1.96. The molecule has 3 aromatic heterocycles. The van der Waals surface area contributed by atoms with E-state index in [1.54, 1.807) is 17.6 Å². The van der Waals surface area contributed by atoms with Gasteiger partial charge in [0.25, 0.3) is 5.91 Å². The van der Waals surface area contributed by atoms with Crippen LogP contribution in [0.5, 0.6) is 0 Å². The molecular weight excluding hydrogens is 246 g/mol. The van der Waals surface area contributed by atoms with Crippen LogP contribution in [-0.2, 0) is 6.54 Å². The van der Waals surface area contributed by atoms with Gasteiger partial charge in [0, 0.05) is 31.5 Å². The molecule has 0 aromatic carbocycles. The van der Waals surface area contributed by atoms with Crippen molar-refractivity contribution in [3.8, 4) is 0 Å². The van der Waals surface area contributed by atoms with Gasteiger partial charge >= 0.3 is 0 Å². The van der Waals surface area contributed by atoms with E-state index in [-0.39, 0.29) is 5.91 Å². The summed E-state index contributed by atoms with van der Waals surface area (Å²) < 4.78 is 8.66. The smallest absolute Gasteiger partial charge is 0.256 e. The lowest BCUT2D eigenvalue weighted by molar-refractivity contribution is 0.0951. The molecule has 3 heterocycles. The maximum absolute atomic E-state index is 11.8. The van der Waals surface area contributed by atoms with E-state index >= 15 is 0 Å². The number of rotatable bonds is 4. The first-order chi connectivity index (χ1) is 9.25. The molecule has 0 saturated heterocycles. The molecule has 19 heavy (non-hydrogen) atoms. The zero-order valence-corrected chi connectivity index (χ0v) is 10.4. The molecule has 3 rings (SSSR count). The number of hydrogen-bond donors (Lipinski definition) is 1. The van der Waals surface area contributed by atoms with Crippen molar-refractivity contribution in [2.45, 2.75) is 13.5 Å². The molecule has 0 saturated carbocycles. The third kappa shape index (κ3) is 2.10. The summed E-state index contributed by atoms with van der Waals surface area (Å²) in [7, 11) is 0. The Hall–Kier alpha value is -2.57. The summed E-state index contributed by atoms with van der Waals surface area (Å²) in [6, 6.07) is 1.92. The van der Waals surface area contributed by atoms with Gasteiger partial charge < -0.3 is 14.4 Å². The summed E-state index contributed by atoms with van der Waals surface area (Å²) in [4.78, 5) is 11.8. The first kappa shape index (κ1) is 11.5. The number of fused-ring (bicyclic) bond motifs is 1. The van der Waals surface area contributed by atoms with Crippen LogP contribution in [0.4, 0.5) is 0 Å². The molecule has 0 fully saturated rings. The monoisotopic (exact) mass is 259 g/mol. The molecule has 0 atom stereocenters. The summed E-state index contributed by atoms with van der Waals surface area (Å²) in [6.45, 7) is 2.92. The highest BCUT2D eigenvalue weighted by molar-refractivity contribution is 5.94. The van der Waals surface area contributed by atoms with Crippen molar-refractivity contribution >= 4 is 11.6 Å². The normalized spacial score (nSPS) is 11.0. The number of carbonyl (C=O) groups excluding carboxylic acids is 1. The standard InChI is InChI=1S/C12H13N5O2/c1-9-10(8-15-19-9)12(18)13-4-5-16-6-7-17-11(16)2-3-14-17/h2-3,6-8H,4-5H2,1H3,(H,13,18). The van der Waals surface area contributed by atoms with Gasteiger partial charge in [-0.15, -0.1) is 0 Å². The molecule has 7 heteroatoms. The van der Waals surface area contributed by atoms with Crippen LogP contribution in [-0.4, -0.2) is 31.8 Å². The lowest BCUT2D eigenvalue weighted by Gasteiger charge is -2.05. The summed E-state index contributed by atoms with van der Waals surface area (Å²) in [5, 5.41) is 10.5. The minimum atomic E-state index is -0.171. The molecule has 0 unspecified atom stereocenters. The Morgan fingerprint density at radius 1 is 1.47 bits per heavy atom. The van der Waals surface area contributed by atoms with E-state index in [4.69, 9.17) is 4.52 Å². The molecular formula is C12H13N5O2. The fraction of sp³-hybridized carbons (Fsp3) is 0.250. The molecule has 0 aliphatic heterocycles. The van der Waals surface area contributed by atoms with E-state index in [0.29, 0.717) is 24.4 Å². The molecule has 98 valence electrons. The lowest BCUT2D eigenvalue weighted by atomic mass is 10.2. The second-order valence-electron chi connectivity index (χ2n) is 4.18. The quantitative estimate of drug-likeness (QED) is 0.754. The van der Waals surface area contributed by atoms with Gasteiger partial charge in [-0.25, -0.2) is 4.52 Å². The predicted molar refractivity (Wildman–Crippen MR) is 66.8 cm³/mol. The number of nitrogens with zero attached hydrogens (tertiary/aromatic N) is 4. The van der Waals surface area contributed by atoms with Gasteiger partial charge in [-0.05, 0) is 6.92 Å². The maximum Gasteiger partial charge on any atom is 0.256 e. The van der Waals surface area contributed by atoms with Crippen LogP contribution in [0.25, 0.3) is 5.65 Å². The highest BCUT2D eigenvalue weighted by Gasteiger charge is 2.12. The molecule has 0 radical (unpaired) electrons. The first-order valence-corrected chi connectivity index (χ1v) is 5.93. The molecule has 0 aliphatic carbocycles. The molecule has 0 bridgehead atoms. The Balaban J connectivity index is 1.61. The number of imidazole rings is 1. The largest absolute Gasteiger partial charge is 0.361 e. The van der Waals surface area contributed by atoms with E-state index in [2.05, 4.69) is 15.6 Å². The van der Waals surface area contributed by atoms with Crippen LogP contribution in [0.2, 0.25) is 0 Å². The highest BCUT2D eigenvalue weighted by atomic mass is 16.5. The van der Waals surface area contributed by atoms with Crippen molar-refractivity contribution < 1.29 is 9.32 Å². The maximum atomic E-state index is 11.8. The van der Waals surface area contributed by atoms with Crippen molar-refractivity contribution in [2.24, 2.45) is 0 Å². The lowest BCUT2D eigenvalue weighted by Crippen LogP contribution is -2.27. The van der Waals surface area contributed by atoms with Crippen LogP contribution >= 0.6 is 0 Å². The molecule has 1 N–H and O–H groups in total. The topological polar surface area (TPSA) is 77.4 Å². The van der Waals surface area contributed by atoms with Gasteiger partial charge in [0.2, 0.25) is 0 Å². The minimum absolute atomic E-state index is 0.171. The zero-order chi connectivity index (χ0) is 13.2. The Morgan fingerprint density at radius 3 is 3.16 bits per heavy atom. The molecule has 3 aromatic rings. The van der Waals surface area contributed by atoms with E-state index in [1.807, 2.05) is 23.0 Å². The highest BCUT2D eigenvalue weighted by Crippen LogP contribution is 2.06. The number of amides is 1. The number of aromatic nitrogens is 4. The average molecular weight is 259 g/mol. The van der Waals surface area contributed by atoms with E-state index in [1.165, 1.54) is 6.20 Å². The molecule has 7 nitrogen and oxygen atoms in total. The molecule has 0 aliphatic rings. The first-order valence-electron chi connectivity index (χ1n) is 5.93. The van der Waals surface area contributed by atoms with Crippen molar-refractivity contribution in [1.29, 1.82) is 0 Å². The Morgan fingerprint density at radius 2 is 2.37 bits per heavy atom. The summed E-state index contributed by atoms with van der Waals surface area (Å²) in [5.41, 5.74) is 1.47. The van der Waals surface area contributed by atoms with Gasteiger partial charge in [0.15, 0.2) is 0 Å². The Labute approximate surface area is 108 Å². The van der Waals surface area contributed by atoms with E-state index in [0.717, 1.165) is 5.65 Å². The van der Waals surface area contributed by atoms with Crippen molar-refractivity contribution in [1.82, 2.24) is 24.7 Å². The number of hydrogen-bond acceptors (Lipinski definition) is 4. The summed E-state index contributed by atoms with van der Waals surface area (Å²) in [6.07, 6.45) is 6.97. The number of nitrogens with one attached hydrogen (secondary N) is 1.